The van der Waals surface area contributed by atoms with Crippen LogP contribution >= 0.6 is 0 Å². The molecule has 21 heavy (non-hydrogen) atoms. The lowest BCUT2D eigenvalue weighted by atomic mass is 10.1. The van der Waals surface area contributed by atoms with Crippen LogP contribution in [-0.2, 0) is 22.4 Å². The Bertz CT molecular complexity index is 546. The minimum Gasteiger partial charge on any atom is -0.494 e. The number of esters is 1. The largest absolute Gasteiger partial charge is 0.494 e. The highest BCUT2D eigenvalue weighted by Gasteiger charge is 2.02. The molecule has 0 N–H and O–H groups in total. The van der Waals surface area contributed by atoms with E-state index in [2.05, 4.69) is 29.0 Å². The normalized spacial score (nSPS) is 10.1. The first kappa shape index (κ1) is 15.1. The number of rotatable bonds is 7. The third-order valence-electron chi connectivity index (χ3n) is 3.22. The van der Waals surface area contributed by atoms with Gasteiger partial charge in [-0.1, -0.05) is 42.5 Å². The highest BCUT2D eigenvalue weighted by molar-refractivity contribution is 5.72. The van der Waals surface area contributed by atoms with E-state index in [1.807, 2.05) is 30.3 Å². The molecule has 3 heteroatoms. The lowest BCUT2D eigenvalue weighted by Crippen LogP contribution is -2.04. The fraction of sp³-hybridized carbons (Fsp3) is 0.278. The summed E-state index contributed by atoms with van der Waals surface area (Å²) in [7, 11) is 1.40. The SMILES string of the molecule is COC(=O)Cc1ccc(OCCCc2ccccc2)cc1. The molecule has 0 atom stereocenters. The van der Waals surface area contributed by atoms with Crippen LogP contribution in [0.1, 0.15) is 17.5 Å². The van der Waals surface area contributed by atoms with Crippen molar-refractivity contribution in [1.29, 1.82) is 0 Å². The molecule has 2 aromatic rings. The van der Waals surface area contributed by atoms with Crippen molar-refractivity contribution >= 4 is 5.97 Å². The second kappa shape index (κ2) is 8.10. The number of aryl methyl sites for hydroxylation is 1. The van der Waals surface area contributed by atoms with Gasteiger partial charge in [0.2, 0.25) is 0 Å². The maximum atomic E-state index is 11.2. The first-order chi connectivity index (χ1) is 10.3. The van der Waals surface area contributed by atoms with E-state index in [0.717, 1.165) is 24.2 Å². The van der Waals surface area contributed by atoms with Gasteiger partial charge in [0.05, 0.1) is 20.1 Å². The number of hydrogen-bond donors (Lipinski definition) is 0. The van der Waals surface area contributed by atoms with E-state index in [0.29, 0.717) is 13.0 Å². The second-order valence-corrected chi connectivity index (χ2v) is 4.83. The monoisotopic (exact) mass is 284 g/mol. The molecular weight excluding hydrogens is 264 g/mol. The van der Waals surface area contributed by atoms with Gasteiger partial charge in [0, 0.05) is 0 Å². The Morgan fingerprint density at radius 3 is 2.33 bits per heavy atom. The van der Waals surface area contributed by atoms with Crippen molar-refractivity contribution in [2.75, 3.05) is 13.7 Å². The number of hydrogen-bond acceptors (Lipinski definition) is 3. The topological polar surface area (TPSA) is 35.5 Å². The van der Waals surface area contributed by atoms with Gasteiger partial charge in [0.25, 0.3) is 0 Å². The van der Waals surface area contributed by atoms with Gasteiger partial charge in [-0.25, -0.2) is 0 Å². The Morgan fingerprint density at radius 1 is 0.952 bits per heavy atom. The molecule has 0 radical (unpaired) electrons. The lowest BCUT2D eigenvalue weighted by molar-refractivity contribution is -0.139. The van der Waals surface area contributed by atoms with Gasteiger partial charge in [-0.2, -0.15) is 0 Å². The zero-order chi connectivity index (χ0) is 14.9. The Hall–Kier alpha value is -2.29. The second-order valence-electron chi connectivity index (χ2n) is 4.83. The van der Waals surface area contributed by atoms with Crippen molar-refractivity contribution in [3.8, 4) is 5.75 Å². The highest BCUT2D eigenvalue weighted by Crippen LogP contribution is 2.13. The van der Waals surface area contributed by atoms with Gasteiger partial charge < -0.3 is 9.47 Å². The molecule has 0 saturated heterocycles. The molecule has 2 aromatic carbocycles. The summed E-state index contributed by atoms with van der Waals surface area (Å²) in [6.45, 7) is 0.686. The summed E-state index contributed by atoms with van der Waals surface area (Å²) >= 11 is 0. The first-order valence-electron chi connectivity index (χ1n) is 7.10. The molecule has 0 aliphatic heterocycles. The molecule has 3 nitrogen and oxygen atoms in total. The molecule has 0 bridgehead atoms. The van der Waals surface area contributed by atoms with Crippen LogP contribution < -0.4 is 4.74 Å². The quantitative estimate of drug-likeness (QED) is 0.577. The third-order valence-corrected chi connectivity index (χ3v) is 3.22. The third kappa shape index (κ3) is 5.30. The Balaban J connectivity index is 1.72. The van der Waals surface area contributed by atoms with E-state index >= 15 is 0 Å². The zero-order valence-electron chi connectivity index (χ0n) is 12.2. The van der Waals surface area contributed by atoms with E-state index in [1.165, 1.54) is 12.7 Å². The molecule has 0 aromatic heterocycles. The number of ether oxygens (including phenoxy) is 2. The van der Waals surface area contributed by atoms with Crippen LogP contribution in [0.2, 0.25) is 0 Å². The molecule has 0 saturated carbocycles. The lowest BCUT2D eigenvalue weighted by Gasteiger charge is -2.07. The Labute approximate surface area is 125 Å². The van der Waals surface area contributed by atoms with Gasteiger partial charge in [0.1, 0.15) is 5.75 Å². The minimum atomic E-state index is -0.230. The number of carbonyl (C=O) groups is 1. The number of benzene rings is 2. The van der Waals surface area contributed by atoms with Crippen molar-refractivity contribution in [3.05, 3.63) is 65.7 Å². The maximum absolute atomic E-state index is 11.2. The summed E-state index contributed by atoms with van der Waals surface area (Å²) in [4.78, 5) is 11.2. The van der Waals surface area contributed by atoms with Gasteiger partial charge in [0.15, 0.2) is 0 Å². The summed E-state index contributed by atoms with van der Waals surface area (Å²) in [6.07, 6.45) is 2.29. The van der Waals surface area contributed by atoms with E-state index in [-0.39, 0.29) is 5.97 Å². The van der Waals surface area contributed by atoms with Crippen LogP contribution in [0.3, 0.4) is 0 Å². The molecule has 0 aliphatic carbocycles. The molecule has 0 heterocycles. The van der Waals surface area contributed by atoms with E-state index in [4.69, 9.17) is 4.74 Å². The predicted octanol–water partition coefficient (Wildman–Crippen LogP) is 3.41. The summed E-state index contributed by atoms with van der Waals surface area (Å²) < 4.78 is 10.3. The summed E-state index contributed by atoms with van der Waals surface area (Å²) in [5.41, 5.74) is 2.26. The smallest absolute Gasteiger partial charge is 0.309 e. The first-order valence-corrected chi connectivity index (χ1v) is 7.10. The summed E-state index contributed by atoms with van der Waals surface area (Å²) in [5, 5.41) is 0. The van der Waals surface area contributed by atoms with Crippen LogP contribution in [0.4, 0.5) is 0 Å². The van der Waals surface area contributed by atoms with Crippen LogP contribution in [0.5, 0.6) is 5.75 Å². The fourth-order valence-electron chi connectivity index (χ4n) is 2.05. The highest BCUT2D eigenvalue weighted by atomic mass is 16.5. The van der Waals surface area contributed by atoms with Gasteiger partial charge in [-0.3, -0.25) is 4.79 Å². The molecule has 110 valence electrons. The standard InChI is InChI=1S/C18H20O3/c1-20-18(19)14-16-9-11-17(12-10-16)21-13-5-8-15-6-3-2-4-7-15/h2-4,6-7,9-12H,5,8,13-14H2,1H3. The van der Waals surface area contributed by atoms with Crippen molar-refractivity contribution in [2.45, 2.75) is 19.3 Å². The van der Waals surface area contributed by atoms with Crippen molar-refractivity contribution in [2.24, 2.45) is 0 Å². The van der Waals surface area contributed by atoms with E-state index < -0.39 is 0 Å². The van der Waals surface area contributed by atoms with E-state index in [1.54, 1.807) is 0 Å². The summed E-state index contributed by atoms with van der Waals surface area (Å²) in [6, 6.07) is 17.9. The van der Waals surface area contributed by atoms with Crippen molar-refractivity contribution < 1.29 is 14.3 Å². The number of carbonyl (C=O) groups excluding carboxylic acids is 1. The van der Waals surface area contributed by atoms with Crippen molar-refractivity contribution in [1.82, 2.24) is 0 Å². The Morgan fingerprint density at radius 2 is 1.67 bits per heavy atom. The molecule has 0 spiro atoms. The minimum absolute atomic E-state index is 0.230. The molecule has 0 aliphatic rings. The molecular formula is C18H20O3. The zero-order valence-corrected chi connectivity index (χ0v) is 12.2. The number of methoxy groups -OCH3 is 1. The van der Waals surface area contributed by atoms with Crippen LogP contribution in [0, 0.1) is 0 Å². The van der Waals surface area contributed by atoms with Crippen LogP contribution in [-0.4, -0.2) is 19.7 Å². The predicted molar refractivity (Wildman–Crippen MR) is 82.4 cm³/mol. The fourth-order valence-corrected chi connectivity index (χ4v) is 2.05. The summed E-state index contributed by atoms with van der Waals surface area (Å²) in [5.74, 6) is 0.600. The average molecular weight is 284 g/mol. The van der Waals surface area contributed by atoms with Gasteiger partial charge >= 0.3 is 5.97 Å². The molecule has 0 amide bonds. The van der Waals surface area contributed by atoms with Crippen molar-refractivity contribution in [3.63, 3.8) is 0 Å². The molecule has 0 unspecified atom stereocenters. The van der Waals surface area contributed by atoms with Crippen LogP contribution in [0.25, 0.3) is 0 Å². The van der Waals surface area contributed by atoms with Gasteiger partial charge in [-0.15, -0.1) is 0 Å². The maximum Gasteiger partial charge on any atom is 0.309 e. The van der Waals surface area contributed by atoms with E-state index in [9.17, 15) is 4.79 Å². The van der Waals surface area contributed by atoms with Crippen LogP contribution in [0.15, 0.2) is 54.6 Å². The van der Waals surface area contributed by atoms with Gasteiger partial charge in [-0.05, 0) is 36.1 Å². The molecule has 2 rings (SSSR count). The Kier molecular flexibility index (Phi) is 5.83. The average Bonchev–Trinajstić information content (AvgIpc) is 2.54. The molecule has 0 fully saturated rings.